The number of hydrogen-bond donors (Lipinski definition) is 2. The minimum atomic E-state index is -4.55. The summed E-state index contributed by atoms with van der Waals surface area (Å²) < 4.78 is 37.0. The van der Waals surface area contributed by atoms with Gasteiger partial charge in [-0.05, 0) is 25.0 Å². The van der Waals surface area contributed by atoms with Gasteiger partial charge in [-0.1, -0.05) is 6.07 Å². The number of carboxylic acids is 1. The molecule has 1 aromatic rings. The van der Waals surface area contributed by atoms with Crippen molar-refractivity contribution in [2.24, 2.45) is 0 Å². The van der Waals surface area contributed by atoms with Crippen LogP contribution < -0.4 is 0 Å². The van der Waals surface area contributed by atoms with Crippen LogP contribution in [0.2, 0.25) is 0 Å². The molecule has 1 saturated carbocycles. The second kappa shape index (κ2) is 3.38. The molecule has 0 saturated heterocycles. The Hall–Kier alpha value is -1.72. The molecule has 0 bridgehead atoms. The van der Waals surface area contributed by atoms with Gasteiger partial charge in [0.25, 0.3) is 0 Å². The summed E-state index contributed by atoms with van der Waals surface area (Å²) in [7, 11) is 0. The predicted octanol–water partition coefficient (Wildman–Crippen LogP) is 2.53. The number of rotatable bonds is 2. The number of hydrogen-bond acceptors (Lipinski definition) is 2. The maximum Gasteiger partial charge on any atom is 0.416 e. The molecule has 0 spiro atoms. The van der Waals surface area contributed by atoms with Crippen molar-refractivity contribution in [1.82, 2.24) is 0 Å². The summed E-state index contributed by atoms with van der Waals surface area (Å²) in [6.07, 6.45) is -3.88. The fourth-order valence-electron chi connectivity index (χ4n) is 1.84. The Morgan fingerprint density at radius 2 is 1.88 bits per heavy atom. The van der Waals surface area contributed by atoms with Crippen LogP contribution in [0.5, 0.6) is 5.75 Å². The molecule has 0 radical (unpaired) electrons. The van der Waals surface area contributed by atoms with E-state index in [-0.39, 0.29) is 5.56 Å². The lowest BCUT2D eigenvalue weighted by molar-refractivity contribution is -0.140. The van der Waals surface area contributed by atoms with E-state index in [9.17, 15) is 23.1 Å². The zero-order valence-electron chi connectivity index (χ0n) is 8.58. The van der Waals surface area contributed by atoms with Gasteiger partial charge >= 0.3 is 12.1 Å². The predicted molar refractivity (Wildman–Crippen MR) is 51.7 cm³/mol. The van der Waals surface area contributed by atoms with Gasteiger partial charge in [0.2, 0.25) is 0 Å². The Balaban J connectivity index is 2.43. The van der Waals surface area contributed by atoms with E-state index < -0.39 is 28.9 Å². The van der Waals surface area contributed by atoms with Crippen molar-refractivity contribution in [3.63, 3.8) is 0 Å². The van der Waals surface area contributed by atoms with Gasteiger partial charge in [-0.15, -0.1) is 0 Å². The Morgan fingerprint density at radius 3 is 2.24 bits per heavy atom. The van der Waals surface area contributed by atoms with Gasteiger partial charge in [-0.3, -0.25) is 4.79 Å². The van der Waals surface area contributed by atoms with E-state index in [1.54, 1.807) is 0 Å². The molecular formula is C11H9F3O3. The molecule has 92 valence electrons. The highest BCUT2D eigenvalue weighted by Crippen LogP contribution is 2.51. The quantitative estimate of drug-likeness (QED) is 0.843. The van der Waals surface area contributed by atoms with Crippen LogP contribution in [-0.2, 0) is 16.4 Å². The molecule has 3 nitrogen and oxygen atoms in total. The molecule has 1 aliphatic rings. The number of phenols is 1. The van der Waals surface area contributed by atoms with E-state index in [4.69, 9.17) is 5.11 Å². The van der Waals surface area contributed by atoms with Gasteiger partial charge in [-0.25, -0.2) is 0 Å². The molecule has 2 N–H and O–H groups in total. The second-order valence-corrected chi connectivity index (χ2v) is 4.12. The molecule has 0 atom stereocenters. The van der Waals surface area contributed by atoms with Crippen LogP contribution in [0.4, 0.5) is 13.2 Å². The Kier molecular flexibility index (Phi) is 2.34. The monoisotopic (exact) mass is 246 g/mol. The molecule has 1 aromatic carbocycles. The third-order valence-electron chi connectivity index (χ3n) is 3.00. The number of halogens is 3. The lowest BCUT2D eigenvalue weighted by Crippen LogP contribution is -2.20. The van der Waals surface area contributed by atoms with E-state index in [1.807, 2.05) is 0 Å². The fourth-order valence-corrected chi connectivity index (χ4v) is 1.84. The maximum atomic E-state index is 12.3. The summed E-state index contributed by atoms with van der Waals surface area (Å²) in [5.41, 5.74) is -2.13. The molecule has 1 fully saturated rings. The minimum absolute atomic E-state index is 0.0537. The van der Waals surface area contributed by atoms with E-state index in [0.29, 0.717) is 18.9 Å². The Morgan fingerprint density at radius 1 is 1.29 bits per heavy atom. The smallest absolute Gasteiger partial charge is 0.416 e. The minimum Gasteiger partial charge on any atom is -0.508 e. The van der Waals surface area contributed by atoms with Gasteiger partial charge < -0.3 is 10.2 Å². The number of aliphatic carboxylic acids is 1. The fraction of sp³-hybridized carbons (Fsp3) is 0.364. The average Bonchev–Trinajstić information content (AvgIpc) is 2.96. The van der Waals surface area contributed by atoms with Crippen molar-refractivity contribution < 1.29 is 28.2 Å². The molecule has 2 rings (SSSR count). The van der Waals surface area contributed by atoms with Gasteiger partial charge in [0.15, 0.2) is 0 Å². The highest BCUT2D eigenvalue weighted by Gasteiger charge is 2.53. The zero-order chi connectivity index (χ0) is 12.8. The molecule has 0 unspecified atom stereocenters. The van der Waals surface area contributed by atoms with Crippen LogP contribution in [0, 0.1) is 0 Å². The number of alkyl halides is 3. The normalized spacial score (nSPS) is 17.8. The molecular weight excluding hydrogens is 237 g/mol. The number of phenolic OH excluding ortho intramolecular Hbond substituents is 1. The molecule has 0 aromatic heterocycles. The van der Waals surface area contributed by atoms with Crippen molar-refractivity contribution in [3.05, 3.63) is 29.3 Å². The van der Waals surface area contributed by atoms with Crippen molar-refractivity contribution in [2.45, 2.75) is 24.4 Å². The standard InChI is InChI=1S/C11H9F3O3/c12-11(13,14)6-1-2-7(8(15)5-6)10(3-4-10)9(16)17/h1-2,5,15H,3-4H2,(H,16,17). The number of aromatic hydroxyl groups is 1. The highest BCUT2D eigenvalue weighted by atomic mass is 19.4. The average molecular weight is 246 g/mol. The van der Waals surface area contributed by atoms with Gasteiger partial charge in [0.05, 0.1) is 11.0 Å². The van der Waals surface area contributed by atoms with Crippen molar-refractivity contribution >= 4 is 5.97 Å². The Labute approximate surface area is 94.5 Å². The first kappa shape index (κ1) is 11.8. The van der Waals surface area contributed by atoms with Crippen LogP contribution >= 0.6 is 0 Å². The van der Waals surface area contributed by atoms with Crippen LogP contribution in [0.15, 0.2) is 18.2 Å². The first-order valence-corrected chi connectivity index (χ1v) is 4.91. The lowest BCUT2D eigenvalue weighted by atomic mass is 9.94. The molecule has 0 amide bonds. The third-order valence-corrected chi connectivity index (χ3v) is 3.00. The zero-order valence-corrected chi connectivity index (χ0v) is 8.58. The van der Waals surface area contributed by atoms with Gasteiger partial charge in [-0.2, -0.15) is 13.2 Å². The lowest BCUT2D eigenvalue weighted by Gasteiger charge is -2.14. The summed E-state index contributed by atoms with van der Waals surface area (Å²) in [5, 5.41) is 18.5. The van der Waals surface area contributed by atoms with Crippen LogP contribution in [0.25, 0.3) is 0 Å². The molecule has 0 heterocycles. The Bertz CT molecular complexity index is 475. The van der Waals surface area contributed by atoms with Crippen LogP contribution in [0.3, 0.4) is 0 Å². The van der Waals surface area contributed by atoms with E-state index in [1.165, 1.54) is 0 Å². The highest BCUT2D eigenvalue weighted by molar-refractivity contribution is 5.86. The van der Waals surface area contributed by atoms with Gasteiger partial charge in [0, 0.05) is 5.56 Å². The van der Waals surface area contributed by atoms with E-state index >= 15 is 0 Å². The number of carbonyl (C=O) groups is 1. The number of carboxylic acid groups (broad SMARTS) is 1. The molecule has 0 aliphatic heterocycles. The topological polar surface area (TPSA) is 57.5 Å². The summed E-state index contributed by atoms with van der Waals surface area (Å²) in [5.74, 6) is -1.73. The molecule has 1 aliphatic carbocycles. The molecule has 6 heteroatoms. The summed E-state index contributed by atoms with van der Waals surface area (Å²) in [6, 6.07) is 2.40. The first-order valence-electron chi connectivity index (χ1n) is 4.91. The summed E-state index contributed by atoms with van der Waals surface area (Å²) in [4.78, 5) is 11.0. The van der Waals surface area contributed by atoms with Crippen molar-refractivity contribution in [2.75, 3.05) is 0 Å². The second-order valence-electron chi connectivity index (χ2n) is 4.12. The van der Waals surface area contributed by atoms with Crippen molar-refractivity contribution in [3.8, 4) is 5.75 Å². The summed E-state index contributed by atoms with van der Waals surface area (Å²) in [6.45, 7) is 0. The summed E-state index contributed by atoms with van der Waals surface area (Å²) >= 11 is 0. The largest absolute Gasteiger partial charge is 0.508 e. The van der Waals surface area contributed by atoms with Crippen LogP contribution in [0.1, 0.15) is 24.0 Å². The van der Waals surface area contributed by atoms with E-state index in [2.05, 4.69) is 0 Å². The van der Waals surface area contributed by atoms with Crippen LogP contribution in [-0.4, -0.2) is 16.2 Å². The van der Waals surface area contributed by atoms with Gasteiger partial charge in [0.1, 0.15) is 5.75 Å². The SMILES string of the molecule is O=C(O)C1(c2ccc(C(F)(F)F)cc2O)CC1. The van der Waals surface area contributed by atoms with E-state index in [0.717, 1.165) is 12.1 Å². The first-order chi connectivity index (χ1) is 7.77. The van der Waals surface area contributed by atoms with Crippen molar-refractivity contribution in [1.29, 1.82) is 0 Å². The molecule has 17 heavy (non-hydrogen) atoms. The number of benzene rings is 1. The third kappa shape index (κ3) is 1.83. The maximum absolute atomic E-state index is 12.3.